The zero-order valence-electron chi connectivity index (χ0n) is 39.2. The van der Waals surface area contributed by atoms with Crippen LogP contribution in [-0.4, -0.2) is 110 Å². The molecule has 0 bridgehead atoms. The molecule has 17 nitrogen and oxygen atoms in total. The number of fused-ring (bicyclic) bond motifs is 6. The number of nitrogens with zero attached hydrogens (tertiary/aromatic N) is 8. The van der Waals surface area contributed by atoms with Gasteiger partial charge in [0.05, 0.1) is 32.9 Å². The third-order valence-corrected chi connectivity index (χ3v) is 19.2. The van der Waals surface area contributed by atoms with E-state index in [1.54, 1.807) is 19.2 Å². The van der Waals surface area contributed by atoms with E-state index in [9.17, 15) is 16.8 Å². The summed E-state index contributed by atoms with van der Waals surface area (Å²) in [5, 5.41) is 10.6. The topological polar surface area (TPSA) is 196 Å². The van der Waals surface area contributed by atoms with Crippen LogP contribution in [-0.2, 0) is 44.0 Å². The first kappa shape index (κ1) is 44.2. The lowest BCUT2D eigenvalue weighted by Gasteiger charge is -2.55. The summed E-state index contributed by atoms with van der Waals surface area (Å²) in [7, 11) is -4.44. The first-order chi connectivity index (χ1) is 32.8. The van der Waals surface area contributed by atoms with Crippen molar-refractivity contribution >= 4 is 53.2 Å². The van der Waals surface area contributed by atoms with Gasteiger partial charge in [-0.25, -0.2) is 26.3 Å². The van der Waals surface area contributed by atoms with Crippen molar-refractivity contribution < 1.29 is 30.6 Å². The van der Waals surface area contributed by atoms with E-state index in [-0.39, 0.29) is 40.3 Å². The van der Waals surface area contributed by atoms with Crippen molar-refractivity contribution in [2.24, 2.45) is 16.7 Å². The summed E-state index contributed by atoms with van der Waals surface area (Å²) in [6, 6.07) is 11.2. The summed E-state index contributed by atoms with van der Waals surface area (Å²) >= 11 is 0. The van der Waals surface area contributed by atoms with Crippen molar-refractivity contribution in [2.45, 2.75) is 100 Å². The highest BCUT2D eigenvalue weighted by atomic mass is 32.2. The molecule has 6 aliphatic heterocycles. The molecule has 10 heterocycles. The van der Waals surface area contributed by atoms with Gasteiger partial charge >= 0.3 is 0 Å². The summed E-state index contributed by atoms with van der Waals surface area (Å²) < 4.78 is 81.6. The number of piperidine rings is 2. The van der Waals surface area contributed by atoms with Crippen molar-refractivity contribution in [3.05, 3.63) is 94.5 Å². The molecule has 0 spiro atoms. The smallest absolute Gasteiger partial charge is 0.274 e. The van der Waals surface area contributed by atoms with Crippen molar-refractivity contribution in [1.82, 2.24) is 48.7 Å². The van der Waals surface area contributed by atoms with Gasteiger partial charge in [-0.1, -0.05) is 30.2 Å². The highest BCUT2D eigenvalue weighted by Crippen LogP contribution is 2.60. The molecule has 12 rings (SSSR count). The lowest BCUT2D eigenvalue weighted by Crippen LogP contribution is -2.54. The van der Waals surface area contributed by atoms with Gasteiger partial charge in [-0.05, 0) is 131 Å². The van der Waals surface area contributed by atoms with E-state index in [1.165, 1.54) is 7.05 Å². The molecule has 68 heavy (non-hydrogen) atoms. The van der Waals surface area contributed by atoms with Crippen molar-refractivity contribution in [3.63, 3.8) is 0 Å². The first-order valence-electron chi connectivity index (χ1n) is 24.2. The summed E-state index contributed by atoms with van der Waals surface area (Å²) in [5.41, 5.74) is 7.44. The minimum absolute atomic E-state index is 0.0335. The van der Waals surface area contributed by atoms with Crippen LogP contribution >= 0.6 is 0 Å². The maximum absolute atomic E-state index is 13.6. The Hall–Kier alpha value is -5.02. The van der Waals surface area contributed by atoms with Crippen LogP contribution < -0.4 is 9.44 Å². The highest BCUT2D eigenvalue weighted by molar-refractivity contribution is 7.90. The quantitative estimate of drug-likeness (QED) is 0.115. The fourth-order valence-electron chi connectivity index (χ4n) is 13.4. The first-order valence-corrected chi connectivity index (χ1v) is 27.1. The number of ether oxygens (including phenoxy) is 1. The van der Waals surface area contributed by atoms with Crippen molar-refractivity contribution in [1.29, 1.82) is 0 Å². The molecule has 0 aliphatic carbocycles. The number of benzene rings is 2. The number of sulfonamides is 2. The lowest BCUT2D eigenvalue weighted by atomic mass is 9.63. The van der Waals surface area contributed by atoms with E-state index in [4.69, 9.17) is 28.9 Å². The average Bonchev–Trinajstić information content (AvgIpc) is 4.15. The minimum atomic E-state index is -3.76. The second kappa shape index (κ2) is 16.0. The molecule has 358 valence electrons. The minimum Gasteiger partial charge on any atom is -0.385 e. The monoisotopic (exact) mass is 962 g/mol. The van der Waals surface area contributed by atoms with Gasteiger partial charge in [-0.3, -0.25) is 9.80 Å². The highest BCUT2D eigenvalue weighted by Gasteiger charge is 2.54. The molecule has 6 aliphatic rings. The number of methoxy groups -OCH3 is 1. The summed E-state index contributed by atoms with van der Waals surface area (Å²) in [4.78, 5) is 15.7. The van der Waals surface area contributed by atoms with E-state index < -0.39 is 20.0 Å². The van der Waals surface area contributed by atoms with Gasteiger partial charge in [0.15, 0.2) is 11.6 Å². The van der Waals surface area contributed by atoms with E-state index >= 15 is 0 Å². The Morgan fingerprint density at radius 3 is 2.32 bits per heavy atom. The SMILES string of the molecule is CC[C@@]12C=C(c3nc(C)no3)n3c4c(c5cc(S(=O)(=O)NCCCOC)ccc53)CCN(CC(Cc3noc(C5=C[C@]6(CC)CCCN7CCc8c(n5c5cccc(S(=O)(=O)NC)c85)[C@@H]76)n3)C1)[C@H]42. The van der Waals surface area contributed by atoms with E-state index in [0.717, 1.165) is 127 Å². The summed E-state index contributed by atoms with van der Waals surface area (Å²) in [6.07, 6.45) is 12.1. The molecule has 0 radical (unpaired) electrons. The van der Waals surface area contributed by atoms with Gasteiger partial charge in [-0.2, -0.15) is 9.97 Å². The van der Waals surface area contributed by atoms with Crippen LogP contribution in [0.15, 0.2) is 67.4 Å². The standard InChI is InChI=1S/C49H58N10O7S2/c1-6-48-17-9-19-56-20-16-33-41-36(11-8-12-39(41)68(62,63)50-4)59(43(33)44(48)56)37(26-48)47-53-40(55-66-47)23-30-25-49(7-2)27-38(46-52-29(3)54-65-46)58-35-14-13-31(67(60,61)51-18-10-22-64-5)24-34(35)32-15-21-57(28-30)45(49)42(32)58/h8,11-14,24,26-27,30,44-45,50-51H,6-7,9-10,15-23,25,28H2,1-5H3/t30?,44-,45-,48+,49+/m1/s1. The van der Waals surface area contributed by atoms with E-state index in [0.29, 0.717) is 47.8 Å². The Bertz CT molecular complexity index is 3330. The number of rotatable bonds is 14. The second-order valence-corrected chi connectivity index (χ2v) is 23.4. The van der Waals surface area contributed by atoms with Gasteiger partial charge < -0.3 is 22.9 Å². The second-order valence-electron chi connectivity index (χ2n) is 19.8. The normalized spacial score (nSPS) is 25.7. The van der Waals surface area contributed by atoms with Crippen LogP contribution in [0.4, 0.5) is 0 Å². The fraction of sp³-hybridized carbons (Fsp3) is 0.510. The summed E-state index contributed by atoms with van der Waals surface area (Å²) in [6.45, 7) is 10.6. The zero-order valence-corrected chi connectivity index (χ0v) is 40.8. The number of nitrogens with one attached hydrogen (secondary N) is 2. The maximum Gasteiger partial charge on any atom is 0.274 e. The van der Waals surface area contributed by atoms with Crippen LogP contribution in [0.25, 0.3) is 33.2 Å². The van der Waals surface area contributed by atoms with Crippen LogP contribution in [0, 0.1) is 23.7 Å². The number of hydrogen-bond donors (Lipinski definition) is 2. The van der Waals surface area contributed by atoms with Gasteiger partial charge in [0.2, 0.25) is 20.0 Å². The third kappa shape index (κ3) is 6.48. The van der Waals surface area contributed by atoms with Crippen LogP contribution in [0.1, 0.15) is 110 Å². The molecule has 0 saturated carbocycles. The van der Waals surface area contributed by atoms with Crippen LogP contribution in [0.3, 0.4) is 0 Å². The fourth-order valence-corrected chi connectivity index (χ4v) is 15.5. The molecular formula is C49H58N10O7S2. The molecule has 2 fully saturated rings. The Balaban J connectivity index is 0.920. The zero-order chi connectivity index (χ0) is 46.9. The molecule has 2 saturated heterocycles. The Morgan fingerprint density at radius 2 is 1.56 bits per heavy atom. The lowest BCUT2D eigenvalue weighted by molar-refractivity contribution is -0.00579. The van der Waals surface area contributed by atoms with E-state index in [2.05, 4.69) is 59.5 Å². The predicted molar refractivity (Wildman–Crippen MR) is 254 cm³/mol. The number of aromatic nitrogens is 6. The molecule has 5 atom stereocenters. The third-order valence-electron chi connectivity index (χ3n) is 16.3. The molecule has 2 N–H and O–H groups in total. The van der Waals surface area contributed by atoms with Crippen molar-refractivity contribution in [2.75, 3.05) is 53.5 Å². The van der Waals surface area contributed by atoms with Gasteiger partial charge in [0, 0.05) is 79.3 Å². The molecular weight excluding hydrogens is 905 g/mol. The number of aryl methyl sites for hydroxylation is 1. The van der Waals surface area contributed by atoms with E-state index in [1.807, 2.05) is 31.2 Å². The largest absolute Gasteiger partial charge is 0.385 e. The van der Waals surface area contributed by atoms with Crippen LogP contribution in [0.5, 0.6) is 0 Å². The Kier molecular flexibility index (Phi) is 10.4. The van der Waals surface area contributed by atoms with Gasteiger partial charge in [0.1, 0.15) is 11.4 Å². The Labute approximate surface area is 396 Å². The molecule has 2 aromatic carbocycles. The molecule has 4 aromatic heterocycles. The number of hydrogen-bond acceptors (Lipinski definition) is 13. The predicted octanol–water partition coefficient (Wildman–Crippen LogP) is 6.35. The summed E-state index contributed by atoms with van der Waals surface area (Å²) in [5.74, 6) is 2.22. The van der Waals surface area contributed by atoms with Gasteiger partial charge in [-0.15, -0.1) is 0 Å². The maximum atomic E-state index is 13.6. The van der Waals surface area contributed by atoms with Crippen molar-refractivity contribution in [3.8, 4) is 0 Å². The Morgan fingerprint density at radius 1 is 0.838 bits per heavy atom. The van der Waals surface area contributed by atoms with Gasteiger partial charge in [0.25, 0.3) is 11.8 Å². The molecule has 0 amide bonds. The van der Waals surface area contributed by atoms with Crippen LogP contribution in [0.2, 0.25) is 0 Å². The molecule has 1 unspecified atom stereocenters. The molecule has 19 heteroatoms. The molecule has 6 aromatic rings. The average molecular weight is 963 g/mol.